The third kappa shape index (κ3) is 2.76. The van der Waals surface area contributed by atoms with E-state index < -0.39 is 0 Å². The molecule has 1 fully saturated rings. The van der Waals surface area contributed by atoms with Crippen LogP contribution in [0.15, 0.2) is 12.3 Å². The van der Waals surface area contributed by atoms with Gasteiger partial charge in [-0.15, -0.1) is 0 Å². The van der Waals surface area contributed by atoms with E-state index in [0.717, 1.165) is 37.6 Å². The number of hydrogen-bond donors (Lipinski definition) is 1. The van der Waals surface area contributed by atoms with Crippen LogP contribution in [-0.2, 0) is 6.61 Å². The van der Waals surface area contributed by atoms with Crippen molar-refractivity contribution in [1.82, 2.24) is 9.88 Å². The van der Waals surface area contributed by atoms with E-state index in [1.165, 1.54) is 0 Å². The van der Waals surface area contributed by atoms with Crippen LogP contribution in [0.4, 0.5) is 5.82 Å². The predicted molar refractivity (Wildman–Crippen MR) is 74.1 cm³/mol. The first kappa shape index (κ1) is 13.6. The molecule has 0 radical (unpaired) electrons. The summed E-state index contributed by atoms with van der Waals surface area (Å²) >= 11 is 5.96. The van der Waals surface area contributed by atoms with Gasteiger partial charge in [-0.1, -0.05) is 18.5 Å². The highest BCUT2D eigenvalue weighted by Gasteiger charge is 2.23. The second-order valence-electron chi connectivity index (χ2n) is 4.72. The highest BCUT2D eigenvalue weighted by molar-refractivity contribution is 6.31. The average Bonchev–Trinajstić information content (AvgIpc) is 2.39. The Labute approximate surface area is 113 Å². The zero-order chi connectivity index (χ0) is 13.1. The standard InChI is InChI=1S/C13H20ClN3O/c1-3-16-4-5-17(8-10(16)2)13-6-11(9-18)12(14)7-15-13/h6-7,10,18H,3-5,8-9H2,1-2H3. The van der Waals surface area contributed by atoms with E-state index in [1.807, 2.05) is 6.07 Å². The smallest absolute Gasteiger partial charge is 0.129 e. The molecule has 2 rings (SSSR count). The van der Waals surface area contributed by atoms with Gasteiger partial charge in [-0.05, 0) is 19.5 Å². The lowest BCUT2D eigenvalue weighted by Crippen LogP contribution is -2.52. The number of aliphatic hydroxyl groups is 1. The number of anilines is 1. The molecule has 0 amide bonds. The summed E-state index contributed by atoms with van der Waals surface area (Å²) in [6, 6.07) is 2.41. The number of aromatic nitrogens is 1. The van der Waals surface area contributed by atoms with Gasteiger partial charge in [0.25, 0.3) is 0 Å². The average molecular weight is 270 g/mol. The summed E-state index contributed by atoms with van der Waals surface area (Å²) in [4.78, 5) is 9.07. The van der Waals surface area contributed by atoms with E-state index in [4.69, 9.17) is 11.6 Å². The van der Waals surface area contributed by atoms with Crippen LogP contribution in [-0.4, -0.2) is 47.2 Å². The summed E-state index contributed by atoms with van der Waals surface area (Å²) in [5.41, 5.74) is 0.743. The van der Waals surface area contributed by atoms with Crippen molar-refractivity contribution in [2.24, 2.45) is 0 Å². The van der Waals surface area contributed by atoms with Crippen molar-refractivity contribution >= 4 is 17.4 Å². The van der Waals surface area contributed by atoms with Gasteiger partial charge in [-0.25, -0.2) is 4.98 Å². The van der Waals surface area contributed by atoms with E-state index in [9.17, 15) is 5.11 Å². The van der Waals surface area contributed by atoms with Crippen LogP contribution in [0.25, 0.3) is 0 Å². The lowest BCUT2D eigenvalue weighted by Gasteiger charge is -2.40. The van der Waals surface area contributed by atoms with Crippen molar-refractivity contribution in [2.75, 3.05) is 31.1 Å². The lowest BCUT2D eigenvalue weighted by atomic mass is 10.2. The third-order valence-corrected chi connectivity index (χ3v) is 3.93. The fraction of sp³-hybridized carbons (Fsp3) is 0.615. The van der Waals surface area contributed by atoms with Crippen molar-refractivity contribution in [3.63, 3.8) is 0 Å². The van der Waals surface area contributed by atoms with Crippen LogP contribution in [0.3, 0.4) is 0 Å². The number of aliphatic hydroxyl groups excluding tert-OH is 1. The molecule has 1 unspecified atom stereocenters. The number of hydrogen-bond acceptors (Lipinski definition) is 4. The maximum atomic E-state index is 9.23. The van der Waals surface area contributed by atoms with Crippen molar-refractivity contribution in [3.8, 4) is 0 Å². The predicted octanol–water partition coefficient (Wildman–Crippen LogP) is 1.76. The molecule has 1 saturated heterocycles. The molecule has 1 aliphatic heterocycles. The molecule has 0 spiro atoms. The number of pyridine rings is 1. The minimum Gasteiger partial charge on any atom is -0.392 e. The molecule has 1 atom stereocenters. The maximum absolute atomic E-state index is 9.23. The monoisotopic (exact) mass is 269 g/mol. The highest BCUT2D eigenvalue weighted by atomic mass is 35.5. The Kier molecular flexibility index (Phi) is 4.43. The number of piperazine rings is 1. The first-order valence-electron chi connectivity index (χ1n) is 6.40. The van der Waals surface area contributed by atoms with Gasteiger partial charge in [-0.3, -0.25) is 4.90 Å². The van der Waals surface area contributed by atoms with Crippen molar-refractivity contribution in [3.05, 3.63) is 22.8 Å². The van der Waals surface area contributed by atoms with E-state index in [2.05, 4.69) is 28.6 Å². The molecule has 18 heavy (non-hydrogen) atoms. The fourth-order valence-electron chi connectivity index (χ4n) is 2.43. The van der Waals surface area contributed by atoms with Crippen LogP contribution in [0.2, 0.25) is 5.02 Å². The first-order chi connectivity index (χ1) is 8.65. The summed E-state index contributed by atoms with van der Waals surface area (Å²) in [5.74, 6) is 0.908. The number of rotatable bonds is 3. The molecule has 1 aromatic heterocycles. The minimum absolute atomic E-state index is 0.0428. The molecular formula is C13H20ClN3O. The van der Waals surface area contributed by atoms with Crippen molar-refractivity contribution in [2.45, 2.75) is 26.5 Å². The lowest BCUT2D eigenvalue weighted by molar-refractivity contribution is 0.199. The number of likely N-dealkylation sites (N-methyl/N-ethyl adjacent to an activating group) is 1. The molecule has 5 heteroatoms. The molecule has 0 bridgehead atoms. The Balaban J connectivity index is 2.13. The Morgan fingerprint density at radius 1 is 1.50 bits per heavy atom. The third-order valence-electron chi connectivity index (χ3n) is 3.59. The molecule has 4 nitrogen and oxygen atoms in total. The molecule has 1 aliphatic rings. The van der Waals surface area contributed by atoms with Gasteiger partial charge in [0.15, 0.2) is 0 Å². The zero-order valence-electron chi connectivity index (χ0n) is 10.9. The number of nitrogens with zero attached hydrogens (tertiary/aromatic N) is 3. The molecule has 0 aromatic carbocycles. The van der Waals surface area contributed by atoms with Crippen LogP contribution < -0.4 is 4.90 Å². The molecule has 1 aromatic rings. The van der Waals surface area contributed by atoms with Crippen molar-refractivity contribution < 1.29 is 5.11 Å². The Morgan fingerprint density at radius 3 is 2.89 bits per heavy atom. The quantitative estimate of drug-likeness (QED) is 0.908. The first-order valence-corrected chi connectivity index (χ1v) is 6.77. The van der Waals surface area contributed by atoms with Crippen LogP contribution in [0, 0.1) is 0 Å². The normalized spacial score (nSPS) is 21.3. The topological polar surface area (TPSA) is 39.6 Å². The van der Waals surface area contributed by atoms with E-state index in [-0.39, 0.29) is 6.61 Å². The largest absolute Gasteiger partial charge is 0.392 e. The van der Waals surface area contributed by atoms with Gasteiger partial charge >= 0.3 is 0 Å². The molecule has 2 heterocycles. The summed E-state index contributed by atoms with van der Waals surface area (Å²) in [5, 5.41) is 9.76. The number of halogens is 1. The van der Waals surface area contributed by atoms with Gasteiger partial charge < -0.3 is 10.0 Å². The van der Waals surface area contributed by atoms with Crippen LogP contribution in [0.5, 0.6) is 0 Å². The second-order valence-corrected chi connectivity index (χ2v) is 5.12. The minimum atomic E-state index is -0.0428. The summed E-state index contributed by atoms with van der Waals surface area (Å²) in [6.45, 7) is 8.46. The Hall–Kier alpha value is -0.840. The maximum Gasteiger partial charge on any atom is 0.129 e. The highest BCUT2D eigenvalue weighted by Crippen LogP contribution is 2.22. The zero-order valence-corrected chi connectivity index (χ0v) is 11.7. The summed E-state index contributed by atoms with van der Waals surface area (Å²) in [6.07, 6.45) is 1.62. The Bertz CT molecular complexity index is 413. The summed E-state index contributed by atoms with van der Waals surface area (Å²) < 4.78 is 0. The summed E-state index contributed by atoms with van der Waals surface area (Å²) in [7, 11) is 0. The van der Waals surface area contributed by atoms with Gasteiger partial charge in [0.1, 0.15) is 5.82 Å². The van der Waals surface area contributed by atoms with Crippen molar-refractivity contribution in [1.29, 1.82) is 0 Å². The van der Waals surface area contributed by atoms with Gasteiger partial charge in [0.05, 0.1) is 11.6 Å². The fourth-order valence-corrected chi connectivity index (χ4v) is 2.60. The Morgan fingerprint density at radius 2 is 2.28 bits per heavy atom. The van der Waals surface area contributed by atoms with E-state index in [1.54, 1.807) is 6.20 Å². The van der Waals surface area contributed by atoms with E-state index in [0.29, 0.717) is 11.1 Å². The van der Waals surface area contributed by atoms with E-state index >= 15 is 0 Å². The molecule has 100 valence electrons. The van der Waals surface area contributed by atoms with Gasteiger partial charge in [0.2, 0.25) is 0 Å². The molecular weight excluding hydrogens is 250 g/mol. The molecule has 0 saturated carbocycles. The SMILES string of the molecule is CCN1CCN(c2cc(CO)c(Cl)cn2)CC1C. The van der Waals surface area contributed by atoms with Crippen LogP contribution >= 0.6 is 11.6 Å². The van der Waals surface area contributed by atoms with Gasteiger partial charge in [0, 0.05) is 37.4 Å². The van der Waals surface area contributed by atoms with Gasteiger partial charge in [-0.2, -0.15) is 0 Å². The second kappa shape index (κ2) is 5.87. The van der Waals surface area contributed by atoms with Crippen LogP contribution in [0.1, 0.15) is 19.4 Å². The molecule has 1 N–H and O–H groups in total. The molecule has 0 aliphatic carbocycles.